The first-order chi connectivity index (χ1) is 8.28. The molecule has 0 unspecified atom stereocenters. The lowest BCUT2D eigenvalue weighted by atomic mass is 10.0. The lowest BCUT2D eigenvalue weighted by Gasteiger charge is -2.06. The van der Waals surface area contributed by atoms with E-state index in [1.807, 2.05) is 0 Å². The fraction of sp³-hybridized carbons (Fsp3) is 0.385. The zero-order chi connectivity index (χ0) is 12.3. The smallest absolute Gasteiger partial charge is 0.335 e. The van der Waals surface area contributed by atoms with Crippen molar-refractivity contribution in [3.8, 4) is 17.4 Å². The van der Waals surface area contributed by atoms with Crippen LogP contribution in [-0.4, -0.2) is 22.3 Å². The van der Waals surface area contributed by atoms with E-state index in [4.69, 9.17) is 4.74 Å². The minimum atomic E-state index is 0.377. The van der Waals surface area contributed by atoms with E-state index in [0.29, 0.717) is 6.01 Å². The van der Waals surface area contributed by atoms with Gasteiger partial charge in [-0.1, -0.05) is 32.0 Å². The van der Waals surface area contributed by atoms with E-state index < -0.39 is 0 Å². The van der Waals surface area contributed by atoms with Gasteiger partial charge in [0.2, 0.25) is 0 Å². The molecule has 0 radical (unpaired) electrons. The van der Waals surface area contributed by atoms with Crippen molar-refractivity contribution in [2.45, 2.75) is 26.7 Å². The predicted molar refractivity (Wildman–Crippen MR) is 67.1 cm³/mol. The number of aromatic nitrogens is 3. The van der Waals surface area contributed by atoms with Crippen molar-refractivity contribution in [1.29, 1.82) is 0 Å². The summed E-state index contributed by atoms with van der Waals surface area (Å²) >= 11 is 0. The van der Waals surface area contributed by atoms with E-state index in [0.717, 1.165) is 24.2 Å². The molecule has 0 amide bonds. The van der Waals surface area contributed by atoms with Gasteiger partial charge in [0, 0.05) is 5.56 Å². The van der Waals surface area contributed by atoms with E-state index in [1.54, 1.807) is 7.11 Å². The van der Waals surface area contributed by atoms with Crippen LogP contribution in [0.3, 0.4) is 0 Å². The molecular formula is C13H17N3O. The Hall–Kier alpha value is -1.84. The third-order valence-corrected chi connectivity index (χ3v) is 2.86. The minimum absolute atomic E-state index is 0.377. The fourth-order valence-corrected chi connectivity index (χ4v) is 1.85. The summed E-state index contributed by atoms with van der Waals surface area (Å²) in [7, 11) is 1.56. The summed E-state index contributed by atoms with van der Waals surface area (Å²) in [6.45, 7) is 4.30. The van der Waals surface area contributed by atoms with Crippen molar-refractivity contribution < 1.29 is 4.74 Å². The van der Waals surface area contributed by atoms with Crippen LogP contribution < -0.4 is 4.74 Å². The molecule has 90 valence electrons. The zero-order valence-electron chi connectivity index (χ0n) is 10.4. The lowest BCUT2D eigenvalue weighted by molar-refractivity contribution is 0.382. The molecule has 0 spiro atoms. The van der Waals surface area contributed by atoms with Crippen molar-refractivity contribution >= 4 is 0 Å². The highest BCUT2D eigenvalue weighted by Crippen LogP contribution is 2.23. The molecule has 0 bridgehead atoms. The molecule has 1 N–H and O–H groups in total. The monoisotopic (exact) mass is 231 g/mol. The maximum absolute atomic E-state index is 4.98. The van der Waals surface area contributed by atoms with Crippen LogP contribution in [0.5, 0.6) is 6.01 Å². The van der Waals surface area contributed by atoms with Crippen molar-refractivity contribution in [1.82, 2.24) is 15.2 Å². The number of methoxy groups -OCH3 is 1. The molecule has 0 saturated carbocycles. The van der Waals surface area contributed by atoms with Gasteiger partial charge in [0.1, 0.15) is 0 Å². The summed E-state index contributed by atoms with van der Waals surface area (Å²) in [5.74, 6) is 0.765. The Morgan fingerprint density at radius 1 is 1.24 bits per heavy atom. The number of nitrogens with zero attached hydrogens (tertiary/aromatic N) is 2. The van der Waals surface area contributed by atoms with E-state index >= 15 is 0 Å². The second-order valence-electron chi connectivity index (χ2n) is 3.87. The van der Waals surface area contributed by atoms with Crippen molar-refractivity contribution in [3.05, 3.63) is 29.3 Å². The third-order valence-electron chi connectivity index (χ3n) is 2.86. The van der Waals surface area contributed by atoms with Crippen LogP contribution in [0.1, 0.15) is 25.0 Å². The first kappa shape index (κ1) is 11.6. The van der Waals surface area contributed by atoms with Gasteiger partial charge in [-0.25, -0.2) is 0 Å². The van der Waals surface area contributed by atoms with E-state index in [-0.39, 0.29) is 0 Å². The summed E-state index contributed by atoms with van der Waals surface area (Å²) in [6.07, 6.45) is 2.03. The molecule has 0 saturated heterocycles. The standard InChI is InChI=1S/C13H17N3O/c1-4-9-6-7-11(10(5-2)8-9)12-14-13(17-3)16-15-12/h6-8H,4-5H2,1-3H3,(H,14,15,16). The molecule has 0 fully saturated rings. The Kier molecular flexibility index (Phi) is 3.42. The maximum Gasteiger partial charge on any atom is 0.335 e. The van der Waals surface area contributed by atoms with Crippen LogP contribution in [0.15, 0.2) is 18.2 Å². The number of H-pyrrole nitrogens is 1. The minimum Gasteiger partial charge on any atom is -0.466 e. The number of ether oxygens (including phenoxy) is 1. The van der Waals surface area contributed by atoms with E-state index in [9.17, 15) is 0 Å². The summed E-state index contributed by atoms with van der Waals surface area (Å²) in [5, 5.41) is 6.87. The molecule has 0 aliphatic heterocycles. The zero-order valence-corrected chi connectivity index (χ0v) is 10.4. The Balaban J connectivity index is 2.43. The fourth-order valence-electron chi connectivity index (χ4n) is 1.85. The van der Waals surface area contributed by atoms with Crippen LogP contribution in [0.2, 0.25) is 0 Å². The van der Waals surface area contributed by atoms with Crippen molar-refractivity contribution in [2.24, 2.45) is 0 Å². The average Bonchev–Trinajstić information content (AvgIpc) is 2.86. The summed E-state index contributed by atoms with van der Waals surface area (Å²) in [4.78, 5) is 4.27. The first-order valence-electron chi connectivity index (χ1n) is 5.87. The number of rotatable bonds is 4. The highest BCUT2D eigenvalue weighted by Gasteiger charge is 2.09. The largest absolute Gasteiger partial charge is 0.466 e. The molecule has 4 heteroatoms. The molecule has 4 nitrogen and oxygen atoms in total. The highest BCUT2D eigenvalue weighted by molar-refractivity contribution is 5.61. The van der Waals surface area contributed by atoms with Crippen LogP contribution in [0.25, 0.3) is 11.4 Å². The molecule has 2 aromatic rings. The Labute approximate surface area is 101 Å². The molecule has 0 atom stereocenters. The van der Waals surface area contributed by atoms with Gasteiger partial charge in [0.25, 0.3) is 0 Å². The topological polar surface area (TPSA) is 50.8 Å². The van der Waals surface area contributed by atoms with Gasteiger partial charge < -0.3 is 4.74 Å². The number of nitrogens with one attached hydrogen (secondary N) is 1. The second kappa shape index (κ2) is 4.99. The molecule has 0 aliphatic rings. The summed E-state index contributed by atoms with van der Waals surface area (Å²) in [6, 6.07) is 6.83. The van der Waals surface area contributed by atoms with Crippen LogP contribution in [0, 0.1) is 0 Å². The summed E-state index contributed by atoms with van der Waals surface area (Å²) in [5.41, 5.74) is 3.72. The molecule has 1 aromatic heterocycles. The van der Waals surface area contributed by atoms with Gasteiger partial charge in [0.05, 0.1) is 7.11 Å². The van der Waals surface area contributed by atoms with E-state index in [2.05, 4.69) is 47.2 Å². The SMILES string of the molecule is CCc1ccc(-c2nc(OC)n[nH]2)c(CC)c1. The summed E-state index contributed by atoms with van der Waals surface area (Å²) < 4.78 is 4.98. The molecule has 0 aliphatic carbocycles. The van der Waals surface area contributed by atoms with Crippen molar-refractivity contribution in [2.75, 3.05) is 7.11 Å². The second-order valence-corrected chi connectivity index (χ2v) is 3.87. The van der Waals surface area contributed by atoms with Crippen LogP contribution >= 0.6 is 0 Å². The first-order valence-corrected chi connectivity index (χ1v) is 5.87. The highest BCUT2D eigenvalue weighted by atomic mass is 16.5. The molecule has 1 aromatic carbocycles. The van der Waals surface area contributed by atoms with Gasteiger partial charge in [-0.2, -0.15) is 4.98 Å². The molecule has 1 heterocycles. The quantitative estimate of drug-likeness (QED) is 0.880. The third kappa shape index (κ3) is 2.30. The Morgan fingerprint density at radius 2 is 2.06 bits per heavy atom. The lowest BCUT2D eigenvalue weighted by Crippen LogP contribution is -1.92. The number of aryl methyl sites for hydroxylation is 2. The predicted octanol–water partition coefficient (Wildman–Crippen LogP) is 2.61. The molecule has 2 rings (SSSR count). The van der Waals surface area contributed by atoms with Crippen LogP contribution in [-0.2, 0) is 12.8 Å². The van der Waals surface area contributed by atoms with Gasteiger partial charge in [0.15, 0.2) is 5.82 Å². The number of hydrogen-bond donors (Lipinski definition) is 1. The average molecular weight is 231 g/mol. The van der Waals surface area contributed by atoms with Gasteiger partial charge in [-0.05, 0) is 24.0 Å². The van der Waals surface area contributed by atoms with E-state index in [1.165, 1.54) is 11.1 Å². The molecular weight excluding hydrogens is 214 g/mol. The van der Waals surface area contributed by atoms with Gasteiger partial charge in [-0.3, -0.25) is 5.10 Å². The van der Waals surface area contributed by atoms with Gasteiger partial charge >= 0.3 is 6.01 Å². The maximum atomic E-state index is 4.98. The number of benzene rings is 1. The Bertz CT molecular complexity index is 505. The van der Waals surface area contributed by atoms with Crippen LogP contribution in [0.4, 0.5) is 0 Å². The number of hydrogen-bond acceptors (Lipinski definition) is 3. The Morgan fingerprint density at radius 3 is 2.65 bits per heavy atom. The number of aromatic amines is 1. The van der Waals surface area contributed by atoms with Gasteiger partial charge in [-0.15, -0.1) is 5.10 Å². The molecule has 17 heavy (non-hydrogen) atoms. The van der Waals surface area contributed by atoms with Crippen molar-refractivity contribution in [3.63, 3.8) is 0 Å². The normalized spacial score (nSPS) is 10.5.